The lowest BCUT2D eigenvalue weighted by Gasteiger charge is -2.28. The van der Waals surface area contributed by atoms with Crippen molar-refractivity contribution in [1.29, 1.82) is 0 Å². The van der Waals surface area contributed by atoms with Gasteiger partial charge in [0.2, 0.25) is 82.7 Å². The van der Waals surface area contributed by atoms with E-state index in [1.807, 2.05) is 20.8 Å². The van der Waals surface area contributed by atoms with Crippen molar-refractivity contribution in [2.45, 2.75) is 297 Å². The quantitative estimate of drug-likeness (QED) is 0.0278. The van der Waals surface area contributed by atoms with Gasteiger partial charge in [-0.05, 0) is 186 Å². The largest absolute Gasteiger partial charge is 0.480 e. The molecule has 0 aromatic carbocycles. The molecule has 0 saturated heterocycles. The summed E-state index contributed by atoms with van der Waals surface area (Å²) in [6.07, 6.45) is 3.78. The van der Waals surface area contributed by atoms with Crippen molar-refractivity contribution in [2.75, 3.05) is 26.2 Å². The van der Waals surface area contributed by atoms with Gasteiger partial charge in [0.1, 0.15) is 78.5 Å². The molecule has 15 atom stereocenters. The lowest BCUT2D eigenvalue weighted by molar-refractivity contribution is -0.143. The number of nitrogens with two attached hydrogens (primary N) is 6. The van der Waals surface area contributed by atoms with E-state index in [9.17, 15) is 77.0 Å². The molecular weight excluding hydrogens is 1360 g/mol. The summed E-state index contributed by atoms with van der Waals surface area (Å²) in [5.74, 6) is -13.4. The molecule has 35 nitrogen and oxygen atoms in total. The van der Waals surface area contributed by atoms with Crippen LogP contribution >= 0.6 is 0 Å². The van der Waals surface area contributed by atoms with E-state index in [0.29, 0.717) is 57.8 Å². The van der Waals surface area contributed by atoms with E-state index in [-0.39, 0.29) is 107 Å². The molecule has 0 aliphatic rings. The molecule has 14 amide bonds. The summed E-state index contributed by atoms with van der Waals surface area (Å²) in [5.41, 5.74) is 34.5. The van der Waals surface area contributed by atoms with E-state index in [4.69, 9.17) is 34.4 Å². The van der Waals surface area contributed by atoms with Crippen molar-refractivity contribution in [3.63, 3.8) is 0 Å². The summed E-state index contributed by atoms with van der Waals surface area (Å²) in [6.45, 7) is 24.3. The van der Waals surface area contributed by atoms with Gasteiger partial charge in [-0.15, -0.1) is 0 Å². The standard InChI is InChI=1S/C70H131N19O16/c1-15-41(10)56(76)69(103)88-53(36-55(75)90)68(102)87-51(33-38(4)5)66(100)84-47(25-17-21-29-72)62(96)79-44(13)58(92)81-46(24-16-20-28-71)61(95)78-42(11)57(91)77-43(12)60(94)85-50(32-37(2)3)65(99)80-45(14)59(93)82-48(26-18-22-30-73)63(97)83-49(27-19-23-31-74)64(98)86-52(34-39(6)7)67(101)89-54(70(104)105)35-40(8)9/h37-54,56H,15-36,71-74,76H2,1-14H3,(H2,75,90)(H,77,91)(H,78,95)(H,79,96)(H,80,99)(H,81,92)(H,82,93)(H,83,97)(H,84,100)(H,85,94)(H,86,98)(H,87,102)(H,88,103)(H,89,101)(H,104,105). The van der Waals surface area contributed by atoms with Crippen LogP contribution in [-0.4, -0.2) is 205 Å². The van der Waals surface area contributed by atoms with Crippen LogP contribution in [0.5, 0.6) is 0 Å². The fourth-order valence-corrected chi connectivity index (χ4v) is 10.8. The first-order chi connectivity index (χ1) is 49.2. The van der Waals surface area contributed by atoms with Crippen LogP contribution in [-0.2, 0) is 71.9 Å². The number of amides is 14. The molecule has 0 aromatic rings. The van der Waals surface area contributed by atoms with E-state index >= 15 is 0 Å². The number of primary amides is 1. The average Bonchev–Trinajstić information content (AvgIpc) is 0.867. The molecule has 0 spiro atoms. The first-order valence-electron chi connectivity index (χ1n) is 37.2. The molecule has 602 valence electrons. The highest BCUT2D eigenvalue weighted by Gasteiger charge is 2.37. The van der Waals surface area contributed by atoms with E-state index < -0.39 is 180 Å². The molecule has 15 unspecified atom stereocenters. The summed E-state index contributed by atoms with van der Waals surface area (Å²) in [4.78, 5) is 204. The van der Waals surface area contributed by atoms with Gasteiger partial charge in [-0.2, -0.15) is 0 Å². The molecule has 35 heteroatoms. The molecule has 0 saturated carbocycles. The zero-order valence-corrected chi connectivity index (χ0v) is 64.6. The summed E-state index contributed by atoms with van der Waals surface area (Å²) in [6, 6.07) is -17.8. The third-order valence-corrected chi connectivity index (χ3v) is 17.3. The van der Waals surface area contributed by atoms with Gasteiger partial charge < -0.3 is 109 Å². The molecule has 0 aromatic heterocycles. The van der Waals surface area contributed by atoms with Crippen LogP contribution in [0.4, 0.5) is 0 Å². The minimum Gasteiger partial charge on any atom is -0.480 e. The van der Waals surface area contributed by atoms with Gasteiger partial charge in [-0.3, -0.25) is 67.1 Å². The van der Waals surface area contributed by atoms with Crippen LogP contribution in [0, 0.1) is 29.6 Å². The molecule has 0 bridgehead atoms. The van der Waals surface area contributed by atoms with Crippen molar-refractivity contribution in [3.8, 4) is 0 Å². The second-order valence-corrected chi connectivity index (χ2v) is 29.0. The molecule has 0 rings (SSSR count). The Kier molecular flexibility index (Phi) is 47.9. The Balaban J connectivity index is 6.42. The number of aliphatic carboxylic acids is 1. The number of nitrogens with one attached hydrogen (secondary N) is 13. The Bertz CT molecular complexity index is 2800. The van der Waals surface area contributed by atoms with Crippen LogP contribution in [0.1, 0.15) is 213 Å². The molecule has 0 fully saturated rings. The maximum atomic E-state index is 14.2. The molecule has 105 heavy (non-hydrogen) atoms. The second kappa shape index (κ2) is 51.9. The van der Waals surface area contributed by atoms with Crippen LogP contribution in [0.3, 0.4) is 0 Å². The molecule has 0 radical (unpaired) electrons. The first-order valence-corrected chi connectivity index (χ1v) is 37.2. The summed E-state index contributed by atoms with van der Waals surface area (Å²) < 4.78 is 0. The Hall–Kier alpha value is -8.15. The van der Waals surface area contributed by atoms with Crippen LogP contribution in [0.25, 0.3) is 0 Å². The maximum absolute atomic E-state index is 14.2. The van der Waals surface area contributed by atoms with E-state index in [1.165, 1.54) is 27.7 Å². The number of carboxylic acid groups (broad SMARTS) is 1. The van der Waals surface area contributed by atoms with Crippen LogP contribution in [0.2, 0.25) is 0 Å². The highest BCUT2D eigenvalue weighted by atomic mass is 16.4. The Morgan fingerprint density at radius 1 is 0.286 bits per heavy atom. The zero-order valence-electron chi connectivity index (χ0n) is 64.6. The van der Waals surface area contributed by atoms with Crippen molar-refractivity contribution in [1.82, 2.24) is 69.1 Å². The SMILES string of the molecule is CCC(C)C(N)C(=O)NC(CC(N)=O)C(=O)NC(CC(C)C)C(=O)NC(CCCCN)C(=O)NC(C)C(=O)NC(CCCCN)C(=O)NC(C)C(=O)NC(C)C(=O)NC(CC(C)C)C(=O)NC(C)C(=O)NC(CCCCN)C(=O)NC(CCCCN)C(=O)NC(CC(C)C)C(=O)NC(CC(C)C)C(=O)O. The second-order valence-electron chi connectivity index (χ2n) is 29.0. The number of carbonyl (C=O) groups excluding carboxylic acids is 14. The number of rotatable bonds is 55. The van der Waals surface area contributed by atoms with E-state index in [2.05, 4.69) is 69.1 Å². The topological polar surface area (TPSA) is 589 Å². The van der Waals surface area contributed by atoms with Crippen molar-refractivity contribution in [2.24, 2.45) is 64.0 Å². The number of carbonyl (C=O) groups is 15. The van der Waals surface area contributed by atoms with Gasteiger partial charge >= 0.3 is 5.97 Å². The van der Waals surface area contributed by atoms with Crippen molar-refractivity contribution < 1.29 is 77.0 Å². The summed E-state index contributed by atoms with van der Waals surface area (Å²) in [7, 11) is 0. The van der Waals surface area contributed by atoms with Crippen molar-refractivity contribution in [3.05, 3.63) is 0 Å². The van der Waals surface area contributed by atoms with Gasteiger partial charge in [0.05, 0.1) is 12.5 Å². The van der Waals surface area contributed by atoms with Crippen LogP contribution in [0.15, 0.2) is 0 Å². The Labute approximate surface area is 619 Å². The molecule has 0 aliphatic carbocycles. The molecule has 0 aliphatic heterocycles. The predicted molar refractivity (Wildman–Crippen MR) is 396 cm³/mol. The minimum atomic E-state index is -1.49. The van der Waals surface area contributed by atoms with Gasteiger partial charge in [-0.25, -0.2) is 4.79 Å². The normalized spacial score (nSPS) is 15.7. The zero-order chi connectivity index (χ0) is 80.4. The average molecular weight is 1490 g/mol. The van der Waals surface area contributed by atoms with Gasteiger partial charge in [0.15, 0.2) is 0 Å². The first kappa shape index (κ1) is 96.8. The fraction of sp³-hybridized carbons (Fsp3) is 0.786. The Morgan fingerprint density at radius 2 is 0.495 bits per heavy atom. The molecule has 0 heterocycles. The molecule has 26 N–H and O–H groups in total. The summed E-state index contributed by atoms with van der Waals surface area (Å²) in [5, 5.41) is 43.6. The minimum absolute atomic E-state index is 0.0290. The number of carboxylic acids is 1. The third kappa shape index (κ3) is 39.7. The maximum Gasteiger partial charge on any atom is 0.326 e. The summed E-state index contributed by atoms with van der Waals surface area (Å²) >= 11 is 0. The number of hydrogen-bond donors (Lipinski definition) is 20. The highest BCUT2D eigenvalue weighted by Crippen LogP contribution is 2.15. The fourth-order valence-electron chi connectivity index (χ4n) is 10.8. The Morgan fingerprint density at radius 3 is 0.771 bits per heavy atom. The monoisotopic (exact) mass is 1490 g/mol. The number of hydrogen-bond acceptors (Lipinski definition) is 20. The van der Waals surface area contributed by atoms with E-state index in [0.717, 1.165) is 0 Å². The lowest BCUT2D eigenvalue weighted by Crippen LogP contribution is -2.60. The predicted octanol–water partition coefficient (Wildman–Crippen LogP) is -2.60. The van der Waals surface area contributed by atoms with Crippen molar-refractivity contribution >= 4 is 88.7 Å². The lowest BCUT2D eigenvalue weighted by atomic mass is 9.98. The highest BCUT2D eigenvalue weighted by molar-refractivity contribution is 6.00. The van der Waals surface area contributed by atoms with Crippen LogP contribution < -0.4 is 104 Å². The third-order valence-electron chi connectivity index (χ3n) is 17.3. The van der Waals surface area contributed by atoms with Gasteiger partial charge in [0.25, 0.3) is 0 Å². The van der Waals surface area contributed by atoms with Gasteiger partial charge in [0, 0.05) is 0 Å². The number of unbranched alkanes of at least 4 members (excludes halogenated alkanes) is 4. The molecular formula is C70H131N19O16. The van der Waals surface area contributed by atoms with Gasteiger partial charge in [-0.1, -0.05) is 75.7 Å². The smallest absolute Gasteiger partial charge is 0.326 e. The van der Waals surface area contributed by atoms with E-state index in [1.54, 1.807) is 48.5 Å².